The number of hydrogen-bond acceptors (Lipinski definition) is 6. The molecule has 1 unspecified atom stereocenters. The number of hydrogen-bond donors (Lipinski definition) is 1. The van der Waals surface area contributed by atoms with Crippen molar-refractivity contribution >= 4 is 29.1 Å². The molecule has 0 fully saturated rings. The number of rotatable bonds is 7. The largest absolute Gasteiger partial charge is 0.325 e. The fraction of sp³-hybridized carbons (Fsp3) is 0.125. The average molecular weight is 444 g/mol. The number of carbonyl (C=O) groups is 2. The van der Waals surface area contributed by atoms with Crippen molar-refractivity contribution in [3.05, 3.63) is 84.7 Å². The lowest BCUT2D eigenvalue weighted by molar-refractivity contribution is -0.115. The molecule has 7 nitrogen and oxygen atoms in total. The maximum absolute atomic E-state index is 12.8. The van der Waals surface area contributed by atoms with Crippen LogP contribution in [0.4, 0.5) is 5.69 Å². The van der Waals surface area contributed by atoms with Crippen LogP contribution in [0.5, 0.6) is 0 Å². The summed E-state index contributed by atoms with van der Waals surface area (Å²) in [7, 11) is 0. The molecule has 8 heteroatoms. The molecule has 0 aliphatic rings. The first kappa shape index (κ1) is 21.5. The second kappa shape index (κ2) is 9.57. The summed E-state index contributed by atoms with van der Waals surface area (Å²) in [5.41, 5.74) is 2.96. The van der Waals surface area contributed by atoms with Gasteiger partial charge in [-0.05, 0) is 62.4 Å². The zero-order chi connectivity index (χ0) is 22.5. The predicted octanol–water partition coefficient (Wildman–Crippen LogP) is 4.65. The quantitative estimate of drug-likeness (QED) is 0.330. The lowest BCUT2D eigenvalue weighted by Crippen LogP contribution is -2.23. The lowest BCUT2D eigenvalue weighted by atomic mass is 10.1. The van der Waals surface area contributed by atoms with Crippen LogP contribution in [-0.2, 0) is 4.79 Å². The van der Waals surface area contributed by atoms with Crippen molar-refractivity contribution in [1.82, 2.24) is 19.7 Å². The Hall–Kier alpha value is -3.78. The molecule has 32 heavy (non-hydrogen) atoms. The van der Waals surface area contributed by atoms with Crippen LogP contribution in [0.2, 0.25) is 0 Å². The number of nitrogens with zero attached hydrogens (tertiary/aromatic N) is 4. The zero-order valence-electron chi connectivity index (χ0n) is 17.6. The number of nitrogens with one attached hydrogen (secondary N) is 1. The second-order valence-corrected chi connectivity index (χ2v) is 8.41. The van der Waals surface area contributed by atoms with Crippen molar-refractivity contribution in [1.29, 1.82) is 0 Å². The molecule has 1 amide bonds. The third kappa shape index (κ3) is 4.76. The first-order chi connectivity index (χ1) is 15.5. The molecule has 160 valence electrons. The van der Waals surface area contributed by atoms with Gasteiger partial charge >= 0.3 is 0 Å². The molecule has 0 aliphatic carbocycles. The minimum atomic E-state index is -0.434. The van der Waals surface area contributed by atoms with Crippen molar-refractivity contribution in [2.24, 2.45) is 0 Å². The molecule has 4 rings (SSSR count). The summed E-state index contributed by atoms with van der Waals surface area (Å²) < 4.78 is 1.92. The average Bonchev–Trinajstić information content (AvgIpc) is 3.24. The number of anilines is 1. The number of amides is 1. The summed E-state index contributed by atoms with van der Waals surface area (Å²) in [6, 6.07) is 20.4. The lowest BCUT2D eigenvalue weighted by Gasteiger charge is -2.14. The number of ketones is 1. The zero-order valence-corrected chi connectivity index (χ0v) is 18.4. The second-order valence-electron chi connectivity index (χ2n) is 7.10. The topological polar surface area (TPSA) is 89.8 Å². The molecule has 1 atom stereocenters. The summed E-state index contributed by atoms with van der Waals surface area (Å²) in [6.45, 7) is 3.33. The van der Waals surface area contributed by atoms with E-state index in [1.165, 1.54) is 18.7 Å². The van der Waals surface area contributed by atoms with Crippen molar-refractivity contribution in [2.75, 3.05) is 5.32 Å². The first-order valence-electron chi connectivity index (χ1n) is 10.0. The van der Waals surface area contributed by atoms with Crippen LogP contribution in [-0.4, -0.2) is 36.7 Å². The molecule has 2 aromatic carbocycles. The minimum absolute atomic E-state index is 0.0172. The fourth-order valence-electron chi connectivity index (χ4n) is 3.08. The maximum atomic E-state index is 12.8. The summed E-state index contributed by atoms with van der Waals surface area (Å²) in [6.07, 6.45) is 3.44. The Labute approximate surface area is 189 Å². The van der Waals surface area contributed by atoms with Gasteiger partial charge in [-0.25, -0.2) is 0 Å². The monoisotopic (exact) mass is 443 g/mol. The minimum Gasteiger partial charge on any atom is -0.325 e. The number of carbonyl (C=O) groups excluding carboxylic acids is 2. The molecule has 0 bridgehead atoms. The molecule has 2 aromatic heterocycles. The number of Topliss-reactive ketones (excluding diaryl/α,β-unsaturated/α-hetero) is 1. The summed E-state index contributed by atoms with van der Waals surface area (Å²) in [5.74, 6) is 0.465. The van der Waals surface area contributed by atoms with Crippen LogP contribution < -0.4 is 5.32 Å². The van der Waals surface area contributed by atoms with Gasteiger partial charge in [-0.1, -0.05) is 30.0 Å². The highest BCUT2D eigenvalue weighted by molar-refractivity contribution is 8.00. The van der Waals surface area contributed by atoms with Crippen molar-refractivity contribution in [3.8, 4) is 17.1 Å². The van der Waals surface area contributed by atoms with Crippen LogP contribution in [0, 0.1) is 0 Å². The summed E-state index contributed by atoms with van der Waals surface area (Å²) >= 11 is 1.32. The fourth-order valence-corrected chi connectivity index (χ4v) is 3.95. The summed E-state index contributed by atoms with van der Waals surface area (Å²) in [4.78, 5) is 28.4. The smallest absolute Gasteiger partial charge is 0.237 e. The molecule has 0 saturated carbocycles. The Morgan fingerprint density at radius 1 is 0.969 bits per heavy atom. The Kier molecular flexibility index (Phi) is 6.42. The van der Waals surface area contributed by atoms with Gasteiger partial charge < -0.3 is 5.32 Å². The molecule has 0 spiro atoms. The van der Waals surface area contributed by atoms with E-state index in [-0.39, 0.29) is 11.7 Å². The van der Waals surface area contributed by atoms with E-state index in [2.05, 4.69) is 20.5 Å². The molecule has 0 saturated heterocycles. The van der Waals surface area contributed by atoms with Crippen LogP contribution in [0.1, 0.15) is 24.2 Å². The molecule has 4 aromatic rings. The highest BCUT2D eigenvalue weighted by atomic mass is 32.2. The first-order valence-corrected chi connectivity index (χ1v) is 10.9. The van der Waals surface area contributed by atoms with Gasteiger partial charge in [0.25, 0.3) is 0 Å². The third-order valence-corrected chi connectivity index (χ3v) is 5.82. The van der Waals surface area contributed by atoms with Gasteiger partial charge in [0.1, 0.15) is 0 Å². The standard InChI is InChI=1S/C24H21N5O2S/c1-16(30)18-10-12-20(13-11-18)26-23(31)17(2)32-24-28-27-22(19-7-6-14-25-15-19)29(24)21-8-4-3-5-9-21/h3-15,17H,1-2H3,(H,26,31). The maximum Gasteiger partial charge on any atom is 0.237 e. The van der Waals surface area contributed by atoms with Gasteiger partial charge in [0.05, 0.1) is 5.25 Å². The number of thioether (sulfide) groups is 1. The van der Waals surface area contributed by atoms with E-state index in [9.17, 15) is 9.59 Å². The van der Waals surface area contributed by atoms with Crippen molar-refractivity contribution < 1.29 is 9.59 Å². The highest BCUT2D eigenvalue weighted by Crippen LogP contribution is 2.30. The predicted molar refractivity (Wildman–Crippen MR) is 125 cm³/mol. The normalized spacial score (nSPS) is 11.7. The molecule has 2 heterocycles. The van der Waals surface area contributed by atoms with E-state index in [1.54, 1.807) is 36.7 Å². The van der Waals surface area contributed by atoms with Gasteiger partial charge in [-0.2, -0.15) is 0 Å². The van der Waals surface area contributed by atoms with Crippen molar-refractivity contribution in [3.63, 3.8) is 0 Å². The van der Waals surface area contributed by atoms with E-state index in [0.717, 1.165) is 11.3 Å². The Morgan fingerprint density at radius 2 is 1.72 bits per heavy atom. The number of para-hydroxylation sites is 1. The van der Waals surface area contributed by atoms with Gasteiger partial charge in [-0.15, -0.1) is 10.2 Å². The van der Waals surface area contributed by atoms with Gasteiger partial charge in [0.15, 0.2) is 16.8 Å². The summed E-state index contributed by atoms with van der Waals surface area (Å²) in [5, 5.41) is 11.8. The Bertz CT molecular complexity index is 1220. The molecule has 0 radical (unpaired) electrons. The number of benzene rings is 2. The number of pyridine rings is 1. The number of aromatic nitrogens is 4. The SMILES string of the molecule is CC(=O)c1ccc(NC(=O)C(C)Sc2nnc(-c3cccnc3)n2-c2ccccc2)cc1. The van der Waals surface area contributed by atoms with E-state index >= 15 is 0 Å². The Balaban J connectivity index is 1.57. The van der Waals surface area contributed by atoms with E-state index in [0.29, 0.717) is 22.2 Å². The molecule has 1 N–H and O–H groups in total. The van der Waals surface area contributed by atoms with Gasteiger partial charge in [0, 0.05) is 34.9 Å². The van der Waals surface area contributed by atoms with Crippen molar-refractivity contribution in [2.45, 2.75) is 24.3 Å². The highest BCUT2D eigenvalue weighted by Gasteiger charge is 2.22. The Morgan fingerprint density at radius 3 is 2.38 bits per heavy atom. The van der Waals surface area contributed by atoms with E-state index in [1.807, 2.05) is 54.0 Å². The molecule has 0 aliphatic heterocycles. The van der Waals surface area contributed by atoms with Gasteiger partial charge in [-0.3, -0.25) is 19.1 Å². The molecular weight excluding hydrogens is 422 g/mol. The van der Waals surface area contributed by atoms with Crippen LogP contribution in [0.15, 0.2) is 84.3 Å². The van der Waals surface area contributed by atoms with Crippen LogP contribution in [0.25, 0.3) is 17.1 Å². The third-order valence-electron chi connectivity index (χ3n) is 4.78. The van der Waals surface area contributed by atoms with E-state index in [4.69, 9.17) is 0 Å². The van der Waals surface area contributed by atoms with Gasteiger partial charge in [0.2, 0.25) is 5.91 Å². The van der Waals surface area contributed by atoms with E-state index < -0.39 is 5.25 Å². The molecular formula is C24H21N5O2S. The van der Waals surface area contributed by atoms with Crippen LogP contribution >= 0.6 is 11.8 Å². The van der Waals surface area contributed by atoms with Crippen LogP contribution in [0.3, 0.4) is 0 Å².